The number of rotatable bonds is 7. The molecule has 8 heteroatoms. The fraction of sp³-hybridized carbons (Fsp3) is 0.368. The van der Waals surface area contributed by atoms with E-state index in [-0.39, 0.29) is 17.2 Å². The van der Waals surface area contributed by atoms with Crippen LogP contribution in [0.25, 0.3) is 0 Å². The van der Waals surface area contributed by atoms with Gasteiger partial charge in [-0.05, 0) is 30.0 Å². The second kappa shape index (κ2) is 9.59. The molecule has 2 aromatic rings. The number of amides is 2. The number of carbonyl (C=O) groups is 2. The number of ether oxygens (including phenoxy) is 1. The Balaban J connectivity index is 1.83. The molecule has 0 saturated carbocycles. The van der Waals surface area contributed by atoms with Crippen LogP contribution in [0.1, 0.15) is 27.0 Å². The van der Waals surface area contributed by atoms with E-state index in [1.54, 1.807) is 59.4 Å². The van der Waals surface area contributed by atoms with Crippen molar-refractivity contribution in [3.05, 3.63) is 57.2 Å². The van der Waals surface area contributed by atoms with Gasteiger partial charge in [0.15, 0.2) is 0 Å². The van der Waals surface area contributed by atoms with Crippen molar-refractivity contribution < 1.29 is 14.3 Å². The first-order chi connectivity index (χ1) is 13.1. The Morgan fingerprint density at radius 3 is 2.81 bits per heavy atom. The largest absolute Gasteiger partial charge is 0.385 e. The summed E-state index contributed by atoms with van der Waals surface area (Å²) in [5.74, 6) is 0.189. The number of carbonyl (C=O) groups excluding carboxylic acids is 2. The lowest BCUT2D eigenvalue weighted by Crippen LogP contribution is -2.48. The minimum Gasteiger partial charge on any atom is -0.385 e. The van der Waals surface area contributed by atoms with Crippen molar-refractivity contribution in [2.24, 2.45) is 0 Å². The number of benzene rings is 1. The summed E-state index contributed by atoms with van der Waals surface area (Å²) >= 11 is 9.44. The topological polar surface area (TPSA) is 58.6 Å². The molecule has 1 N–H and O–H groups in total. The van der Waals surface area contributed by atoms with Crippen LogP contribution in [0, 0.1) is 0 Å². The second-order valence-corrected chi connectivity index (χ2v) is 8.55. The van der Waals surface area contributed by atoms with Crippen molar-refractivity contribution in [3.8, 4) is 0 Å². The maximum absolute atomic E-state index is 13.3. The van der Waals surface area contributed by atoms with Crippen LogP contribution in [0.3, 0.4) is 0 Å². The quantitative estimate of drug-likeness (QED) is 0.686. The first-order valence-corrected chi connectivity index (χ1v) is 10.9. The number of thioether (sulfide) groups is 1. The third-order valence-electron chi connectivity index (χ3n) is 4.25. The van der Waals surface area contributed by atoms with Gasteiger partial charge in [0.1, 0.15) is 11.4 Å². The summed E-state index contributed by atoms with van der Waals surface area (Å²) in [6.45, 7) is 1.10. The summed E-state index contributed by atoms with van der Waals surface area (Å²) in [5.41, 5.74) is 0.417. The minimum absolute atomic E-state index is 0.141. The SMILES string of the molecule is COCCCNC(=O)C1CSC(c2cccs2)N1C(=O)c1ccccc1Cl. The molecule has 0 radical (unpaired) electrons. The van der Waals surface area contributed by atoms with Gasteiger partial charge in [0, 0.05) is 30.9 Å². The molecule has 2 amide bonds. The highest BCUT2D eigenvalue weighted by molar-refractivity contribution is 7.99. The fourth-order valence-corrected chi connectivity index (χ4v) is 5.54. The summed E-state index contributed by atoms with van der Waals surface area (Å²) in [5, 5.41) is 5.10. The van der Waals surface area contributed by atoms with Gasteiger partial charge in [0.25, 0.3) is 5.91 Å². The van der Waals surface area contributed by atoms with E-state index in [9.17, 15) is 9.59 Å². The predicted octanol–water partition coefficient (Wildman–Crippen LogP) is 3.81. The number of hydrogen-bond acceptors (Lipinski definition) is 5. The van der Waals surface area contributed by atoms with Crippen LogP contribution in [0.4, 0.5) is 0 Å². The second-order valence-electron chi connectivity index (χ2n) is 6.05. The Labute approximate surface area is 172 Å². The standard InChI is InChI=1S/C19H21ClN2O3S2/c1-25-10-5-9-21-17(23)15-12-27-19(16-8-4-11-26-16)22(15)18(24)13-6-2-3-7-14(13)20/h2-4,6-8,11,15,19H,5,9-10,12H2,1H3,(H,21,23). The monoisotopic (exact) mass is 424 g/mol. The summed E-state index contributed by atoms with van der Waals surface area (Å²) in [4.78, 5) is 28.8. The van der Waals surface area contributed by atoms with Crippen LogP contribution in [0.15, 0.2) is 41.8 Å². The molecule has 0 spiro atoms. The fourth-order valence-electron chi connectivity index (χ4n) is 2.93. The molecular formula is C19H21ClN2O3S2. The number of halogens is 1. The Morgan fingerprint density at radius 2 is 2.11 bits per heavy atom. The molecule has 144 valence electrons. The van der Waals surface area contributed by atoms with Gasteiger partial charge in [-0.2, -0.15) is 0 Å². The maximum Gasteiger partial charge on any atom is 0.257 e. The van der Waals surface area contributed by atoms with Crippen molar-refractivity contribution in [2.75, 3.05) is 26.0 Å². The number of nitrogens with zero attached hydrogens (tertiary/aromatic N) is 1. The summed E-state index contributed by atoms with van der Waals surface area (Å²) in [7, 11) is 1.63. The van der Waals surface area contributed by atoms with Gasteiger partial charge in [-0.25, -0.2) is 0 Å². The number of thiophene rings is 1. The molecule has 0 aliphatic carbocycles. The lowest BCUT2D eigenvalue weighted by atomic mass is 10.1. The zero-order valence-electron chi connectivity index (χ0n) is 14.9. The van der Waals surface area contributed by atoms with Crippen LogP contribution in [0.5, 0.6) is 0 Å². The Bertz CT molecular complexity index is 785. The summed E-state index contributed by atoms with van der Waals surface area (Å²) in [6.07, 6.45) is 0.731. The molecule has 2 unspecified atom stereocenters. The zero-order chi connectivity index (χ0) is 19.2. The van der Waals surface area contributed by atoms with E-state index in [1.807, 2.05) is 17.5 Å². The number of methoxy groups -OCH3 is 1. The molecule has 2 heterocycles. The average Bonchev–Trinajstić information content (AvgIpc) is 3.34. The smallest absolute Gasteiger partial charge is 0.257 e. The zero-order valence-corrected chi connectivity index (χ0v) is 17.3. The van der Waals surface area contributed by atoms with Gasteiger partial charge in [-0.3, -0.25) is 9.59 Å². The van der Waals surface area contributed by atoms with Gasteiger partial charge >= 0.3 is 0 Å². The number of nitrogens with one attached hydrogen (secondary N) is 1. The summed E-state index contributed by atoms with van der Waals surface area (Å²) in [6, 6.07) is 10.4. The van der Waals surface area contributed by atoms with Crippen LogP contribution < -0.4 is 5.32 Å². The Kier molecular flexibility index (Phi) is 7.18. The predicted molar refractivity (Wildman–Crippen MR) is 110 cm³/mol. The lowest BCUT2D eigenvalue weighted by molar-refractivity contribution is -0.124. The molecule has 3 rings (SSSR count). The molecule has 27 heavy (non-hydrogen) atoms. The van der Waals surface area contributed by atoms with Crippen LogP contribution in [0.2, 0.25) is 5.02 Å². The Morgan fingerprint density at radius 1 is 1.30 bits per heavy atom. The van der Waals surface area contributed by atoms with Gasteiger partial charge in [0.2, 0.25) is 5.91 Å². The average molecular weight is 425 g/mol. The molecule has 2 atom stereocenters. The lowest BCUT2D eigenvalue weighted by Gasteiger charge is -2.28. The molecule has 1 aliphatic rings. The van der Waals surface area contributed by atoms with Crippen molar-refractivity contribution in [2.45, 2.75) is 17.8 Å². The van der Waals surface area contributed by atoms with E-state index in [4.69, 9.17) is 16.3 Å². The van der Waals surface area contributed by atoms with Crippen molar-refractivity contribution in [1.82, 2.24) is 10.2 Å². The van der Waals surface area contributed by atoms with Crippen LogP contribution in [-0.4, -0.2) is 48.8 Å². The van der Waals surface area contributed by atoms with Crippen molar-refractivity contribution >= 4 is 46.5 Å². The number of hydrogen-bond donors (Lipinski definition) is 1. The van der Waals surface area contributed by atoms with E-state index < -0.39 is 6.04 Å². The molecular weight excluding hydrogens is 404 g/mol. The molecule has 5 nitrogen and oxygen atoms in total. The minimum atomic E-state index is -0.534. The van der Waals surface area contributed by atoms with Crippen LogP contribution >= 0.6 is 34.7 Å². The molecule has 1 aliphatic heterocycles. The van der Waals surface area contributed by atoms with Gasteiger partial charge in [-0.15, -0.1) is 23.1 Å². The third kappa shape index (κ3) is 4.66. The third-order valence-corrected chi connectivity index (χ3v) is 6.96. The molecule has 0 bridgehead atoms. The van der Waals surface area contributed by atoms with Crippen LogP contribution in [-0.2, 0) is 9.53 Å². The van der Waals surface area contributed by atoms with E-state index in [2.05, 4.69) is 5.32 Å². The normalized spacial score (nSPS) is 19.3. The summed E-state index contributed by atoms with van der Waals surface area (Å²) < 4.78 is 5.01. The molecule has 1 fully saturated rings. The van der Waals surface area contributed by atoms with Gasteiger partial charge in [-0.1, -0.05) is 29.8 Å². The molecule has 1 saturated heterocycles. The molecule has 1 aromatic heterocycles. The van der Waals surface area contributed by atoms with E-state index in [0.717, 1.165) is 11.3 Å². The first-order valence-electron chi connectivity index (χ1n) is 8.62. The highest BCUT2D eigenvalue weighted by Crippen LogP contribution is 2.44. The van der Waals surface area contributed by atoms with Gasteiger partial charge < -0.3 is 15.0 Å². The van der Waals surface area contributed by atoms with E-state index in [1.165, 1.54) is 0 Å². The first kappa shape index (κ1) is 20.2. The van der Waals surface area contributed by atoms with Crippen molar-refractivity contribution in [3.63, 3.8) is 0 Å². The Hall–Kier alpha value is -1.54. The maximum atomic E-state index is 13.3. The van der Waals surface area contributed by atoms with Gasteiger partial charge in [0.05, 0.1) is 10.6 Å². The highest BCUT2D eigenvalue weighted by Gasteiger charge is 2.43. The highest BCUT2D eigenvalue weighted by atomic mass is 35.5. The molecule has 1 aromatic carbocycles. The van der Waals surface area contributed by atoms with E-state index >= 15 is 0 Å². The van der Waals surface area contributed by atoms with E-state index in [0.29, 0.717) is 29.5 Å². The van der Waals surface area contributed by atoms with Crippen molar-refractivity contribution in [1.29, 1.82) is 0 Å².